The number of benzene rings is 1. The van der Waals surface area contributed by atoms with E-state index in [0.717, 1.165) is 12.3 Å². The van der Waals surface area contributed by atoms with Crippen LogP contribution < -0.4 is 5.32 Å². The van der Waals surface area contributed by atoms with Crippen molar-refractivity contribution >= 4 is 21.2 Å². The normalized spacial score (nSPS) is 11.7. The molecule has 0 aliphatic carbocycles. The van der Waals surface area contributed by atoms with E-state index in [4.69, 9.17) is 4.52 Å². The third kappa shape index (κ3) is 4.28. The SMILES string of the molecule is CC(C)c1noc(CCNc2ccc(S(C)(=O)=O)cc2[N+](=O)[O-])n1. The molecule has 1 aromatic heterocycles. The van der Waals surface area contributed by atoms with E-state index in [1.807, 2.05) is 13.8 Å². The number of rotatable bonds is 7. The van der Waals surface area contributed by atoms with Crippen LogP contribution in [0.1, 0.15) is 31.5 Å². The molecule has 2 aromatic rings. The summed E-state index contributed by atoms with van der Waals surface area (Å²) in [6.07, 6.45) is 1.39. The van der Waals surface area contributed by atoms with Crippen LogP contribution in [0.3, 0.4) is 0 Å². The average Bonchev–Trinajstić information content (AvgIpc) is 2.95. The molecule has 0 aliphatic heterocycles. The maximum atomic E-state index is 11.5. The molecular weight excluding hydrogens is 336 g/mol. The molecule has 0 spiro atoms. The molecule has 24 heavy (non-hydrogen) atoms. The van der Waals surface area contributed by atoms with Gasteiger partial charge in [0.1, 0.15) is 5.69 Å². The quantitative estimate of drug-likeness (QED) is 0.591. The summed E-state index contributed by atoms with van der Waals surface area (Å²) < 4.78 is 28.1. The fraction of sp³-hybridized carbons (Fsp3) is 0.429. The van der Waals surface area contributed by atoms with E-state index in [9.17, 15) is 18.5 Å². The highest BCUT2D eigenvalue weighted by Crippen LogP contribution is 2.27. The molecule has 0 unspecified atom stereocenters. The van der Waals surface area contributed by atoms with Crippen molar-refractivity contribution in [3.63, 3.8) is 0 Å². The van der Waals surface area contributed by atoms with Crippen molar-refractivity contribution in [3.8, 4) is 0 Å². The van der Waals surface area contributed by atoms with Gasteiger partial charge < -0.3 is 9.84 Å². The zero-order valence-corrected chi connectivity index (χ0v) is 14.3. The van der Waals surface area contributed by atoms with E-state index in [2.05, 4.69) is 15.5 Å². The Labute approximate surface area is 139 Å². The van der Waals surface area contributed by atoms with Crippen LogP contribution in [-0.2, 0) is 16.3 Å². The second-order valence-electron chi connectivity index (χ2n) is 5.59. The Morgan fingerprint density at radius 2 is 2.08 bits per heavy atom. The first-order chi connectivity index (χ1) is 11.2. The highest BCUT2D eigenvalue weighted by atomic mass is 32.2. The van der Waals surface area contributed by atoms with E-state index in [-0.39, 0.29) is 22.2 Å². The van der Waals surface area contributed by atoms with Gasteiger partial charge in [-0.05, 0) is 12.1 Å². The summed E-state index contributed by atoms with van der Waals surface area (Å²) in [6, 6.07) is 3.75. The number of hydrogen-bond acceptors (Lipinski definition) is 8. The summed E-state index contributed by atoms with van der Waals surface area (Å²) in [5, 5.41) is 17.9. The lowest BCUT2D eigenvalue weighted by Gasteiger charge is -2.07. The smallest absolute Gasteiger partial charge is 0.293 e. The summed E-state index contributed by atoms with van der Waals surface area (Å²) in [6.45, 7) is 4.22. The number of nitro groups is 1. The van der Waals surface area contributed by atoms with Gasteiger partial charge in [0, 0.05) is 31.2 Å². The van der Waals surface area contributed by atoms with Gasteiger partial charge in [-0.1, -0.05) is 19.0 Å². The van der Waals surface area contributed by atoms with Gasteiger partial charge in [0.15, 0.2) is 15.7 Å². The van der Waals surface area contributed by atoms with Crippen LogP contribution in [0.15, 0.2) is 27.6 Å². The van der Waals surface area contributed by atoms with E-state index in [1.54, 1.807) is 0 Å². The minimum Gasteiger partial charge on any atom is -0.379 e. The van der Waals surface area contributed by atoms with Crippen LogP contribution >= 0.6 is 0 Å². The molecule has 1 aromatic carbocycles. The van der Waals surface area contributed by atoms with Crippen LogP contribution in [0.4, 0.5) is 11.4 Å². The van der Waals surface area contributed by atoms with Gasteiger partial charge >= 0.3 is 0 Å². The standard InChI is InChI=1S/C14H18N4O5S/c1-9(2)14-16-13(23-17-14)6-7-15-11-5-4-10(24(3,21)22)8-12(11)18(19)20/h4-5,8-9,15H,6-7H2,1-3H3. The van der Waals surface area contributed by atoms with Crippen LogP contribution in [0.25, 0.3) is 0 Å². The van der Waals surface area contributed by atoms with E-state index >= 15 is 0 Å². The van der Waals surface area contributed by atoms with E-state index < -0.39 is 14.8 Å². The Hall–Kier alpha value is -2.49. The lowest BCUT2D eigenvalue weighted by atomic mass is 10.2. The zero-order chi connectivity index (χ0) is 17.9. The Balaban J connectivity index is 2.10. The first kappa shape index (κ1) is 17.9. The van der Waals surface area contributed by atoms with Gasteiger partial charge in [-0.3, -0.25) is 10.1 Å². The lowest BCUT2D eigenvalue weighted by molar-refractivity contribution is -0.384. The topological polar surface area (TPSA) is 128 Å². The highest BCUT2D eigenvalue weighted by Gasteiger charge is 2.18. The number of sulfone groups is 1. The molecule has 0 aliphatic rings. The van der Waals surface area contributed by atoms with Crippen LogP contribution in [-0.4, -0.2) is 36.3 Å². The summed E-state index contributed by atoms with van der Waals surface area (Å²) in [5.74, 6) is 1.19. The Kier molecular flexibility index (Phi) is 5.17. The van der Waals surface area contributed by atoms with Crippen LogP contribution in [0.2, 0.25) is 0 Å². The van der Waals surface area contributed by atoms with Crippen molar-refractivity contribution in [1.29, 1.82) is 0 Å². The summed E-state index contributed by atoms with van der Waals surface area (Å²) in [4.78, 5) is 14.6. The molecule has 1 N–H and O–H groups in total. The van der Waals surface area contributed by atoms with Crippen molar-refractivity contribution in [2.24, 2.45) is 0 Å². The second kappa shape index (κ2) is 6.95. The summed E-state index contributed by atoms with van der Waals surface area (Å²) in [7, 11) is -3.51. The van der Waals surface area contributed by atoms with Crippen molar-refractivity contribution in [2.45, 2.75) is 31.1 Å². The molecular formula is C14H18N4O5S. The molecule has 1 heterocycles. The number of nitrogens with zero attached hydrogens (tertiary/aromatic N) is 3. The van der Waals surface area contributed by atoms with E-state index in [1.165, 1.54) is 12.1 Å². The number of hydrogen-bond donors (Lipinski definition) is 1. The summed E-state index contributed by atoms with van der Waals surface area (Å²) >= 11 is 0. The highest BCUT2D eigenvalue weighted by molar-refractivity contribution is 7.90. The molecule has 0 fully saturated rings. The van der Waals surface area contributed by atoms with Gasteiger partial charge in [0.2, 0.25) is 5.89 Å². The largest absolute Gasteiger partial charge is 0.379 e. The van der Waals surface area contributed by atoms with Crippen molar-refractivity contribution in [3.05, 3.63) is 40.0 Å². The van der Waals surface area contributed by atoms with Gasteiger partial charge in [-0.25, -0.2) is 8.42 Å². The van der Waals surface area contributed by atoms with Crippen molar-refractivity contribution < 1.29 is 17.9 Å². The monoisotopic (exact) mass is 354 g/mol. The number of nitro benzene ring substituents is 1. The van der Waals surface area contributed by atoms with Gasteiger partial charge in [0.25, 0.3) is 5.69 Å². The molecule has 10 heteroatoms. The molecule has 0 atom stereocenters. The molecule has 0 amide bonds. The first-order valence-electron chi connectivity index (χ1n) is 7.23. The molecule has 130 valence electrons. The zero-order valence-electron chi connectivity index (χ0n) is 13.5. The predicted octanol–water partition coefficient (Wildman–Crippen LogP) is 2.16. The Morgan fingerprint density at radius 3 is 2.62 bits per heavy atom. The minimum absolute atomic E-state index is 0.0989. The predicted molar refractivity (Wildman–Crippen MR) is 86.8 cm³/mol. The van der Waals surface area contributed by atoms with Gasteiger partial charge in [-0.15, -0.1) is 0 Å². The van der Waals surface area contributed by atoms with Crippen molar-refractivity contribution in [1.82, 2.24) is 10.1 Å². The molecule has 2 rings (SSSR count). The van der Waals surface area contributed by atoms with Crippen LogP contribution in [0, 0.1) is 10.1 Å². The molecule has 9 nitrogen and oxygen atoms in total. The minimum atomic E-state index is -3.51. The fourth-order valence-corrected chi connectivity index (χ4v) is 2.59. The second-order valence-corrected chi connectivity index (χ2v) is 7.60. The number of anilines is 1. The molecule has 0 saturated heterocycles. The van der Waals surface area contributed by atoms with E-state index in [0.29, 0.717) is 24.7 Å². The molecule has 0 bridgehead atoms. The maximum Gasteiger partial charge on any atom is 0.293 e. The first-order valence-corrected chi connectivity index (χ1v) is 9.12. The summed E-state index contributed by atoms with van der Waals surface area (Å²) in [5.41, 5.74) is -0.0673. The Morgan fingerprint density at radius 1 is 1.38 bits per heavy atom. The third-order valence-corrected chi connectivity index (χ3v) is 4.36. The third-order valence-electron chi connectivity index (χ3n) is 3.25. The van der Waals surface area contributed by atoms with Gasteiger partial charge in [0.05, 0.1) is 9.82 Å². The van der Waals surface area contributed by atoms with Gasteiger partial charge in [-0.2, -0.15) is 4.98 Å². The van der Waals surface area contributed by atoms with Crippen LogP contribution in [0.5, 0.6) is 0 Å². The molecule has 0 saturated carbocycles. The number of nitrogens with one attached hydrogen (secondary N) is 1. The number of aromatic nitrogens is 2. The fourth-order valence-electron chi connectivity index (χ4n) is 1.95. The molecule has 0 radical (unpaired) electrons. The van der Waals surface area contributed by atoms with Crippen molar-refractivity contribution in [2.75, 3.05) is 18.1 Å². The maximum absolute atomic E-state index is 11.5. The lowest BCUT2D eigenvalue weighted by Crippen LogP contribution is -2.08. The average molecular weight is 354 g/mol. The Bertz CT molecular complexity index is 845.